The fourth-order valence-electron chi connectivity index (χ4n) is 1.54. The second-order valence-electron chi connectivity index (χ2n) is 4.01. The molecule has 0 aliphatic rings. The number of carbonyl (C=O) groups excluding carboxylic acids is 1. The molecule has 0 spiro atoms. The van der Waals surface area contributed by atoms with Crippen molar-refractivity contribution in [3.05, 3.63) is 57.3 Å². The van der Waals surface area contributed by atoms with Crippen LogP contribution in [-0.4, -0.2) is 10.9 Å². The van der Waals surface area contributed by atoms with Gasteiger partial charge in [-0.3, -0.25) is 4.79 Å². The summed E-state index contributed by atoms with van der Waals surface area (Å²) in [7, 11) is 0. The third-order valence-electron chi connectivity index (χ3n) is 2.53. The SMILES string of the molecule is O=C(Nc1cc(C(F)(F)F)ccc1Cl)c1ccnc(Br)c1. The standard InChI is InChI=1S/C13H7BrClF3N2O/c14-11-5-7(3-4-19-11)12(21)20-10-6-8(13(16,17)18)1-2-9(10)15/h1-6H,(H,20,21). The van der Waals surface area contributed by atoms with Crippen LogP contribution in [0.4, 0.5) is 18.9 Å². The Bertz CT molecular complexity index is 691. The van der Waals surface area contributed by atoms with Crippen molar-refractivity contribution in [3.8, 4) is 0 Å². The number of rotatable bonds is 2. The van der Waals surface area contributed by atoms with Gasteiger partial charge in [-0.2, -0.15) is 13.2 Å². The number of nitrogens with zero attached hydrogens (tertiary/aromatic N) is 1. The lowest BCUT2D eigenvalue weighted by molar-refractivity contribution is -0.137. The third-order valence-corrected chi connectivity index (χ3v) is 3.29. The lowest BCUT2D eigenvalue weighted by Gasteiger charge is -2.11. The zero-order valence-corrected chi connectivity index (χ0v) is 12.6. The summed E-state index contributed by atoms with van der Waals surface area (Å²) in [6, 6.07) is 5.60. The van der Waals surface area contributed by atoms with E-state index in [0.29, 0.717) is 4.60 Å². The predicted molar refractivity (Wildman–Crippen MR) is 76.3 cm³/mol. The molecule has 0 fully saturated rings. The monoisotopic (exact) mass is 378 g/mol. The van der Waals surface area contributed by atoms with E-state index < -0.39 is 17.6 Å². The molecule has 1 heterocycles. The summed E-state index contributed by atoms with van der Waals surface area (Å²) in [4.78, 5) is 15.8. The number of nitrogens with one attached hydrogen (secondary N) is 1. The molecule has 0 aliphatic heterocycles. The van der Waals surface area contributed by atoms with Crippen molar-refractivity contribution in [3.63, 3.8) is 0 Å². The van der Waals surface area contributed by atoms with Gasteiger partial charge in [-0.05, 0) is 46.3 Å². The molecule has 1 aromatic carbocycles. The molecule has 21 heavy (non-hydrogen) atoms. The van der Waals surface area contributed by atoms with E-state index in [2.05, 4.69) is 26.2 Å². The molecule has 1 N–H and O–H groups in total. The topological polar surface area (TPSA) is 42.0 Å². The number of pyridine rings is 1. The zero-order valence-electron chi connectivity index (χ0n) is 10.2. The Morgan fingerprint density at radius 1 is 1.24 bits per heavy atom. The number of aromatic nitrogens is 1. The Hall–Kier alpha value is -1.60. The molecule has 0 radical (unpaired) electrons. The minimum absolute atomic E-state index is 0.0180. The lowest BCUT2D eigenvalue weighted by atomic mass is 10.2. The highest BCUT2D eigenvalue weighted by molar-refractivity contribution is 9.10. The van der Waals surface area contributed by atoms with Crippen LogP contribution in [-0.2, 0) is 6.18 Å². The molecule has 0 saturated heterocycles. The number of carbonyl (C=O) groups is 1. The van der Waals surface area contributed by atoms with E-state index in [1.54, 1.807) is 0 Å². The van der Waals surface area contributed by atoms with Crippen molar-refractivity contribution in [1.82, 2.24) is 4.98 Å². The Balaban J connectivity index is 2.29. The van der Waals surface area contributed by atoms with Crippen LogP contribution in [0.25, 0.3) is 0 Å². The summed E-state index contributed by atoms with van der Waals surface area (Å²) >= 11 is 8.91. The van der Waals surface area contributed by atoms with Crippen molar-refractivity contribution < 1.29 is 18.0 Å². The highest BCUT2D eigenvalue weighted by Crippen LogP contribution is 2.34. The molecule has 3 nitrogen and oxygen atoms in total. The van der Waals surface area contributed by atoms with Crippen LogP contribution in [0.15, 0.2) is 41.1 Å². The normalized spacial score (nSPS) is 11.3. The van der Waals surface area contributed by atoms with E-state index in [9.17, 15) is 18.0 Å². The number of amides is 1. The van der Waals surface area contributed by atoms with E-state index in [4.69, 9.17) is 11.6 Å². The minimum atomic E-state index is -4.51. The molecular weight excluding hydrogens is 373 g/mol. The third kappa shape index (κ3) is 3.95. The molecule has 0 bridgehead atoms. The molecule has 0 atom stereocenters. The average Bonchev–Trinajstić information content (AvgIpc) is 2.40. The first-order valence-corrected chi connectivity index (χ1v) is 6.74. The molecular formula is C13H7BrClF3N2O. The fraction of sp³-hybridized carbons (Fsp3) is 0.0769. The number of halogens is 5. The largest absolute Gasteiger partial charge is 0.416 e. The van der Waals surface area contributed by atoms with Gasteiger partial charge in [0.25, 0.3) is 5.91 Å². The zero-order chi connectivity index (χ0) is 15.6. The van der Waals surface area contributed by atoms with Crippen LogP contribution in [0.3, 0.4) is 0 Å². The number of hydrogen-bond donors (Lipinski definition) is 1. The van der Waals surface area contributed by atoms with Gasteiger partial charge in [-0.1, -0.05) is 11.6 Å². The van der Waals surface area contributed by atoms with Gasteiger partial charge >= 0.3 is 6.18 Å². The fourth-order valence-corrected chi connectivity index (χ4v) is 2.07. The van der Waals surface area contributed by atoms with Crippen molar-refractivity contribution in [1.29, 1.82) is 0 Å². The molecule has 2 rings (SSSR count). The van der Waals surface area contributed by atoms with Crippen LogP contribution in [0.2, 0.25) is 5.02 Å². The van der Waals surface area contributed by atoms with Gasteiger partial charge in [-0.15, -0.1) is 0 Å². The quantitative estimate of drug-likeness (QED) is 0.764. The van der Waals surface area contributed by atoms with Gasteiger partial charge in [0, 0.05) is 11.8 Å². The first-order chi connectivity index (χ1) is 9.77. The second-order valence-corrected chi connectivity index (χ2v) is 5.23. The number of alkyl halides is 3. The molecule has 110 valence electrons. The maximum atomic E-state index is 12.6. The molecule has 8 heteroatoms. The van der Waals surface area contributed by atoms with E-state index in [1.807, 2.05) is 0 Å². The smallest absolute Gasteiger partial charge is 0.321 e. The first kappa shape index (κ1) is 15.8. The second kappa shape index (κ2) is 6.03. The summed E-state index contributed by atoms with van der Waals surface area (Å²) in [6.07, 6.45) is -3.11. The molecule has 1 aromatic heterocycles. The van der Waals surface area contributed by atoms with Crippen LogP contribution in [0.5, 0.6) is 0 Å². The highest BCUT2D eigenvalue weighted by atomic mass is 79.9. The van der Waals surface area contributed by atoms with E-state index >= 15 is 0 Å². The van der Waals surface area contributed by atoms with Crippen molar-refractivity contribution >= 4 is 39.1 Å². The van der Waals surface area contributed by atoms with E-state index in [-0.39, 0.29) is 16.3 Å². The molecule has 1 amide bonds. The van der Waals surface area contributed by atoms with Gasteiger partial charge in [0.1, 0.15) is 4.60 Å². The Labute approximate surface area is 131 Å². The summed E-state index contributed by atoms with van der Waals surface area (Å²) in [5, 5.41) is 2.36. The minimum Gasteiger partial charge on any atom is -0.321 e. The summed E-state index contributed by atoms with van der Waals surface area (Å²) < 4.78 is 38.4. The predicted octanol–water partition coefficient (Wildman–Crippen LogP) is 4.77. The Kier molecular flexibility index (Phi) is 4.53. The number of benzene rings is 1. The maximum absolute atomic E-state index is 12.6. The molecule has 0 unspecified atom stereocenters. The lowest BCUT2D eigenvalue weighted by Crippen LogP contribution is -2.13. The van der Waals surface area contributed by atoms with Gasteiger partial charge < -0.3 is 5.32 Å². The first-order valence-electron chi connectivity index (χ1n) is 5.57. The maximum Gasteiger partial charge on any atom is 0.416 e. The number of anilines is 1. The highest BCUT2D eigenvalue weighted by Gasteiger charge is 2.31. The van der Waals surface area contributed by atoms with Gasteiger partial charge in [0.2, 0.25) is 0 Å². The Morgan fingerprint density at radius 3 is 2.57 bits per heavy atom. The van der Waals surface area contributed by atoms with Crippen LogP contribution < -0.4 is 5.32 Å². The van der Waals surface area contributed by atoms with Crippen LogP contribution in [0.1, 0.15) is 15.9 Å². The van der Waals surface area contributed by atoms with E-state index in [0.717, 1.165) is 18.2 Å². The molecule has 2 aromatic rings. The van der Waals surface area contributed by atoms with Crippen molar-refractivity contribution in [2.75, 3.05) is 5.32 Å². The van der Waals surface area contributed by atoms with Crippen molar-refractivity contribution in [2.24, 2.45) is 0 Å². The summed E-state index contributed by atoms with van der Waals surface area (Å²) in [5.74, 6) is -0.584. The molecule has 0 saturated carbocycles. The van der Waals surface area contributed by atoms with Crippen LogP contribution >= 0.6 is 27.5 Å². The molecule has 0 aliphatic carbocycles. The van der Waals surface area contributed by atoms with Gasteiger partial charge in [-0.25, -0.2) is 4.98 Å². The van der Waals surface area contributed by atoms with Gasteiger partial charge in [0.05, 0.1) is 16.3 Å². The van der Waals surface area contributed by atoms with Gasteiger partial charge in [0.15, 0.2) is 0 Å². The van der Waals surface area contributed by atoms with Crippen LogP contribution in [0, 0.1) is 0 Å². The summed E-state index contributed by atoms with van der Waals surface area (Å²) in [6.45, 7) is 0. The van der Waals surface area contributed by atoms with E-state index in [1.165, 1.54) is 18.3 Å². The summed E-state index contributed by atoms with van der Waals surface area (Å²) in [5.41, 5.74) is -0.757. The average molecular weight is 380 g/mol. The Morgan fingerprint density at radius 2 is 1.95 bits per heavy atom. The number of hydrogen-bond acceptors (Lipinski definition) is 2. The van der Waals surface area contributed by atoms with Crippen molar-refractivity contribution in [2.45, 2.75) is 6.18 Å².